The van der Waals surface area contributed by atoms with Crippen molar-refractivity contribution in [2.24, 2.45) is 4.99 Å². The van der Waals surface area contributed by atoms with Crippen molar-refractivity contribution in [1.29, 1.82) is 5.26 Å². The Hall–Kier alpha value is -2.34. The highest BCUT2D eigenvalue weighted by Gasteiger charge is 1.99. The second-order valence-corrected chi connectivity index (χ2v) is 3.98. The fourth-order valence-corrected chi connectivity index (χ4v) is 1.47. The van der Waals surface area contributed by atoms with Crippen molar-refractivity contribution < 1.29 is 0 Å². The fourth-order valence-electron chi connectivity index (χ4n) is 1.47. The van der Waals surface area contributed by atoms with E-state index in [1.807, 2.05) is 38.1 Å². The molecule has 1 rings (SSSR count). The monoisotopic (exact) mass is 239 g/mol. The Morgan fingerprint density at radius 3 is 2.78 bits per heavy atom. The summed E-state index contributed by atoms with van der Waals surface area (Å²) in [7, 11) is 1.77. The Bertz CT molecular complexity index is 545. The fraction of sp³-hybridized carbons (Fsp3) is 0.200. The highest BCUT2D eigenvalue weighted by molar-refractivity contribution is 5.99. The lowest BCUT2D eigenvalue weighted by molar-refractivity contribution is 0.963. The maximum absolute atomic E-state index is 8.70. The summed E-state index contributed by atoms with van der Waals surface area (Å²) in [5.41, 5.74) is 3.53. The molecule has 0 atom stereocenters. The molecule has 0 amide bonds. The van der Waals surface area contributed by atoms with Crippen LogP contribution in [0.1, 0.15) is 18.1 Å². The second-order valence-electron chi connectivity index (χ2n) is 3.98. The average molecular weight is 239 g/mol. The number of hydrogen-bond acceptors (Lipinski definition) is 3. The van der Waals surface area contributed by atoms with Crippen LogP contribution in [-0.2, 0) is 0 Å². The summed E-state index contributed by atoms with van der Waals surface area (Å²) in [4.78, 5) is 4.45. The van der Waals surface area contributed by atoms with Gasteiger partial charge in [0.05, 0.1) is 6.07 Å². The van der Waals surface area contributed by atoms with Gasteiger partial charge in [0.1, 0.15) is 5.82 Å². The topological polar surface area (TPSA) is 48.2 Å². The first-order chi connectivity index (χ1) is 8.56. The van der Waals surface area contributed by atoms with Gasteiger partial charge in [-0.2, -0.15) is 5.26 Å². The molecule has 0 unspecified atom stereocenters. The standard InChI is InChI=1S/C15H17N3/c1-11-6-5-7-14(8-11)13(3)18-15(17-4)9-12(2)10-16/h5-9,17H,2H2,1,3-4H3/b15-9-,18-13?. The maximum atomic E-state index is 8.70. The van der Waals surface area contributed by atoms with Gasteiger partial charge >= 0.3 is 0 Å². The molecule has 1 aromatic rings. The van der Waals surface area contributed by atoms with Crippen LogP contribution in [0.25, 0.3) is 0 Å². The Morgan fingerprint density at radius 1 is 1.50 bits per heavy atom. The van der Waals surface area contributed by atoms with Gasteiger partial charge in [-0.25, -0.2) is 4.99 Å². The number of hydrogen-bond donors (Lipinski definition) is 1. The Morgan fingerprint density at radius 2 is 2.22 bits per heavy atom. The van der Waals surface area contributed by atoms with Crippen molar-refractivity contribution >= 4 is 5.71 Å². The highest BCUT2D eigenvalue weighted by Crippen LogP contribution is 2.08. The lowest BCUT2D eigenvalue weighted by Crippen LogP contribution is -2.07. The van der Waals surface area contributed by atoms with Gasteiger partial charge in [-0.1, -0.05) is 36.4 Å². The van der Waals surface area contributed by atoms with E-state index in [2.05, 4.69) is 23.0 Å². The lowest BCUT2D eigenvalue weighted by atomic mass is 10.1. The van der Waals surface area contributed by atoms with Gasteiger partial charge in [0.15, 0.2) is 0 Å². The molecule has 0 saturated carbocycles. The molecule has 0 aliphatic heterocycles. The van der Waals surface area contributed by atoms with Crippen LogP contribution >= 0.6 is 0 Å². The minimum atomic E-state index is 0.375. The summed E-state index contributed by atoms with van der Waals surface area (Å²) in [6, 6.07) is 10.1. The third kappa shape index (κ3) is 3.91. The van der Waals surface area contributed by atoms with Crippen molar-refractivity contribution in [3.05, 3.63) is 59.4 Å². The van der Waals surface area contributed by atoms with E-state index >= 15 is 0 Å². The number of nitriles is 1. The van der Waals surface area contributed by atoms with E-state index in [-0.39, 0.29) is 0 Å². The van der Waals surface area contributed by atoms with Gasteiger partial charge in [0.25, 0.3) is 0 Å². The molecule has 0 bridgehead atoms. The zero-order valence-electron chi connectivity index (χ0n) is 11.0. The molecule has 92 valence electrons. The quantitative estimate of drug-likeness (QED) is 0.499. The van der Waals surface area contributed by atoms with E-state index in [9.17, 15) is 0 Å². The summed E-state index contributed by atoms with van der Waals surface area (Å²) < 4.78 is 0. The number of rotatable bonds is 4. The zero-order chi connectivity index (χ0) is 13.5. The van der Waals surface area contributed by atoms with Crippen LogP contribution in [0, 0.1) is 18.3 Å². The Kier molecular flexibility index (Phi) is 4.89. The van der Waals surface area contributed by atoms with E-state index in [0.717, 1.165) is 11.3 Å². The van der Waals surface area contributed by atoms with Gasteiger partial charge in [-0.05, 0) is 25.5 Å². The molecule has 0 aromatic heterocycles. The van der Waals surface area contributed by atoms with Crippen LogP contribution in [0.2, 0.25) is 0 Å². The largest absolute Gasteiger partial charge is 0.373 e. The third-order valence-electron chi connectivity index (χ3n) is 2.43. The van der Waals surface area contributed by atoms with Crippen LogP contribution in [-0.4, -0.2) is 12.8 Å². The summed E-state index contributed by atoms with van der Waals surface area (Å²) in [6.45, 7) is 7.59. The maximum Gasteiger partial charge on any atom is 0.127 e. The molecular formula is C15H17N3. The van der Waals surface area contributed by atoms with E-state index in [1.54, 1.807) is 13.1 Å². The number of nitrogens with one attached hydrogen (secondary N) is 1. The first-order valence-electron chi connectivity index (χ1n) is 5.67. The van der Waals surface area contributed by atoms with E-state index < -0.39 is 0 Å². The van der Waals surface area contributed by atoms with Gasteiger partial charge in [-0.3, -0.25) is 0 Å². The molecule has 0 aliphatic carbocycles. The van der Waals surface area contributed by atoms with Crippen molar-refractivity contribution in [2.45, 2.75) is 13.8 Å². The number of aliphatic imine (C=N–C) groups is 1. The third-order valence-corrected chi connectivity index (χ3v) is 2.43. The molecule has 0 saturated heterocycles. The minimum Gasteiger partial charge on any atom is -0.373 e. The van der Waals surface area contributed by atoms with Gasteiger partial charge in [-0.15, -0.1) is 0 Å². The van der Waals surface area contributed by atoms with E-state index in [4.69, 9.17) is 5.26 Å². The zero-order valence-corrected chi connectivity index (χ0v) is 11.0. The Labute approximate surface area is 108 Å². The van der Waals surface area contributed by atoms with Crippen molar-refractivity contribution in [3.8, 4) is 6.07 Å². The van der Waals surface area contributed by atoms with Crippen molar-refractivity contribution in [2.75, 3.05) is 7.05 Å². The SMILES string of the molecule is C=C(C#N)/C=C(\N=C(C)c1cccc(C)c1)NC. The molecule has 0 aliphatic rings. The predicted octanol–water partition coefficient (Wildman–Crippen LogP) is 2.94. The van der Waals surface area contributed by atoms with Gasteiger partial charge in [0.2, 0.25) is 0 Å². The summed E-state index contributed by atoms with van der Waals surface area (Å²) >= 11 is 0. The Balaban J connectivity index is 3.05. The summed E-state index contributed by atoms with van der Waals surface area (Å²) in [5, 5.41) is 11.6. The van der Waals surface area contributed by atoms with E-state index in [0.29, 0.717) is 11.4 Å². The molecule has 1 N–H and O–H groups in total. The second kappa shape index (κ2) is 6.41. The van der Waals surface area contributed by atoms with Crippen molar-refractivity contribution in [3.63, 3.8) is 0 Å². The van der Waals surface area contributed by atoms with Crippen molar-refractivity contribution in [1.82, 2.24) is 5.32 Å². The number of benzene rings is 1. The highest BCUT2D eigenvalue weighted by atomic mass is 15.0. The summed E-state index contributed by atoms with van der Waals surface area (Å²) in [5.74, 6) is 0.626. The normalized spacial score (nSPS) is 11.9. The predicted molar refractivity (Wildman–Crippen MR) is 75.3 cm³/mol. The molecule has 18 heavy (non-hydrogen) atoms. The smallest absolute Gasteiger partial charge is 0.127 e. The number of nitrogens with zero attached hydrogens (tertiary/aromatic N) is 2. The van der Waals surface area contributed by atoms with Crippen LogP contribution in [0.3, 0.4) is 0 Å². The molecular weight excluding hydrogens is 222 g/mol. The first kappa shape index (κ1) is 13.7. The molecule has 3 nitrogen and oxygen atoms in total. The number of allylic oxidation sites excluding steroid dienone is 2. The first-order valence-corrected chi connectivity index (χ1v) is 5.67. The molecule has 0 spiro atoms. The lowest BCUT2D eigenvalue weighted by Gasteiger charge is -2.05. The van der Waals surface area contributed by atoms with Gasteiger partial charge < -0.3 is 5.32 Å². The molecule has 0 radical (unpaired) electrons. The van der Waals surface area contributed by atoms with Gasteiger partial charge in [0, 0.05) is 18.3 Å². The van der Waals surface area contributed by atoms with Crippen LogP contribution in [0.5, 0.6) is 0 Å². The van der Waals surface area contributed by atoms with Crippen LogP contribution in [0.4, 0.5) is 0 Å². The number of aryl methyl sites for hydroxylation is 1. The molecule has 3 heteroatoms. The molecule has 1 aromatic carbocycles. The summed E-state index contributed by atoms with van der Waals surface area (Å²) in [6.07, 6.45) is 1.62. The molecule has 0 fully saturated rings. The minimum absolute atomic E-state index is 0.375. The van der Waals surface area contributed by atoms with Crippen LogP contribution in [0.15, 0.2) is 53.3 Å². The van der Waals surface area contributed by atoms with E-state index in [1.165, 1.54) is 5.56 Å². The van der Waals surface area contributed by atoms with Crippen LogP contribution < -0.4 is 5.32 Å². The average Bonchev–Trinajstić information content (AvgIpc) is 2.37. The molecule has 0 heterocycles.